The highest BCUT2D eigenvalue weighted by Crippen LogP contribution is 2.33. The topological polar surface area (TPSA) is 53.8 Å². The predicted molar refractivity (Wildman–Crippen MR) is 44.3 cm³/mol. The zero-order valence-electron chi connectivity index (χ0n) is 7.92. The van der Waals surface area contributed by atoms with Gasteiger partial charge in [-0.2, -0.15) is 18.4 Å². The number of halogens is 5. The summed E-state index contributed by atoms with van der Waals surface area (Å²) in [5.74, 6) is 0. The normalized spacial score (nSPS) is 11.4. The smallest absolute Gasteiger partial charge is 0.298 e. The summed E-state index contributed by atoms with van der Waals surface area (Å²) in [5.41, 5.74) is -4.79. The van der Waals surface area contributed by atoms with Crippen molar-refractivity contribution in [2.24, 2.45) is 0 Å². The van der Waals surface area contributed by atoms with Crippen LogP contribution in [0.5, 0.6) is 0 Å². The van der Waals surface area contributed by atoms with Gasteiger partial charge in [0.15, 0.2) is 12.0 Å². The number of carbonyl (C=O) groups is 1. The van der Waals surface area contributed by atoms with Crippen LogP contribution in [0, 0.1) is 11.3 Å². The molecule has 0 unspecified atom stereocenters. The highest BCUT2D eigenvalue weighted by atomic mass is 19.4. The van der Waals surface area contributed by atoms with Crippen LogP contribution < -0.4 is 0 Å². The third-order valence-corrected chi connectivity index (χ3v) is 1.81. The molecular weight excluding hydrogens is 247 g/mol. The maximum atomic E-state index is 12.4. The van der Waals surface area contributed by atoms with Crippen LogP contribution in [0.4, 0.5) is 22.0 Å². The van der Waals surface area contributed by atoms with E-state index in [0.29, 0.717) is 6.07 Å². The van der Waals surface area contributed by atoms with Crippen molar-refractivity contribution in [2.75, 3.05) is 0 Å². The van der Waals surface area contributed by atoms with Gasteiger partial charge in [-0.25, -0.2) is 13.8 Å². The molecule has 0 radical (unpaired) electrons. The monoisotopic (exact) mass is 250 g/mol. The second-order valence-electron chi connectivity index (χ2n) is 2.89. The third kappa shape index (κ3) is 2.55. The molecule has 0 amide bonds. The number of nitriles is 1. The molecule has 0 fully saturated rings. The molecule has 8 heteroatoms. The van der Waals surface area contributed by atoms with Crippen molar-refractivity contribution < 1.29 is 26.7 Å². The van der Waals surface area contributed by atoms with Crippen molar-refractivity contribution in [3.8, 4) is 6.07 Å². The molecule has 0 aromatic carbocycles. The lowest BCUT2D eigenvalue weighted by molar-refractivity contribution is -0.141. The van der Waals surface area contributed by atoms with E-state index in [4.69, 9.17) is 5.26 Å². The Labute approximate surface area is 91.5 Å². The van der Waals surface area contributed by atoms with Crippen molar-refractivity contribution in [3.63, 3.8) is 0 Å². The van der Waals surface area contributed by atoms with Crippen molar-refractivity contribution in [1.29, 1.82) is 5.26 Å². The fourth-order valence-corrected chi connectivity index (χ4v) is 1.11. The molecule has 0 spiro atoms. The quantitative estimate of drug-likeness (QED) is 0.599. The van der Waals surface area contributed by atoms with Gasteiger partial charge in [0.25, 0.3) is 6.43 Å². The molecule has 17 heavy (non-hydrogen) atoms. The third-order valence-electron chi connectivity index (χ3n) is 1.81. The molecule has 0 saturated heterocycles. The van der Waals surface area contributed by atoms with Crippen LogP contribution in [0.15, 0.2) is 6.07 Å². The van der Waals surface area contributed by atoms with E-state index >= 15 is 0 Å². The van der Waals surface area contributed by atoms with Gasteiger partial charge in [-0.1, -0.05) is 0 Å². The van der Waals surface area contributed by atoms with E-state index in [1.165, 1.54) is 6.07 Å². The number of aromatic nitrogens is 1. The van der Waals surface area contributed by atoms with E-state index in [9.17, 15) is 26.7 Å². The van der Waals surface area contributed by atoms with E-state index in [2.05, 4.69) is 4.98 Å². The molecule has 3 nitrogen and oxygen atoms in total. The number of nitrogens with zero attached hydrogens (tertiary/aromatic N) is 2. The molecule has 0 N–H and O–H groups in total. The van der Waals surface area contributed by atoms with Gasteiger partial charge in [-0.05, 0) is 6.07 Å². The van der Waals surface area contributed by atoms with Crippen molar-refractivity contribution in [2.45, 2.75) is 12.6 Å². The van der Waals surface area contributed by atoms with Crippen molar-refractivity contribution in [3.05, 3.63) is 28.6 Å². The second kappa shape index (κ2) is 4.45. The van der Waals surface area contributed by atoms with Gasteiger partial charge in [-0.15, -0.1) is 0 Å². The minimum Gasteiger partial charge on any atom is -0.298 e. The first kappa shape index (κ1) is 13.0. The van der Waals surface area contributed by atoms with Gasteiger partial charge in [0.2, 0.25) is 0 Å². The first-order chi connectivity index (χ1) is 7.81. The van der Waals surface area contributed by atoms with Crippen molar-refractivity contribution in [1.82, 2.24) is 4.98 Å². The van der Waals surface area contributed by atoms with Crippen LogP contribution in [-0.4, -0.2) is 11.3 Å². The molecule has 1 aromatic rings. The van der Waals surface area contributed by atoms with Crippen LogP contribution in [-0.2, 0) is 6.18 Å². The standard InChI is InChI=1S/C9H3F5N2O/c10-8(11)6-1-4(2-15)5(3-17)7(16-6)9(12,13)14/h1,3,8H. The first-order valence-corrected chi connectivity index (χ1v) is 4.06. The molecule has 1 rings (SSSR count). The zero-order chi connectivity index (χ0) is 13.2. The molecule has 1 aromatic heterocycles. The van der Waals surface area contributed by atoms with Gasteiger partial charge < -0.3 is 0 Å². The Hall–Kier alpha value is -2.04. The summed E-state index contributed by atoms with van der Waals surface area (Å²) in [7, 11) is 0. The summed E-state index contributed by atoms with van der Waals surface area (Å²) in [6.45, 7) is 0. The number of alkyl halides is 5. The fraction of sp³-hybridized carbons (Fsp3) is 0.222. The summed E-state index contributed by atoms with van der Waals surface area (Å²) >= 11 is 0. The lowest BCUT2D eigenvalue weighted by Gasteiger charge is -2.11. The fourth-order valence-electron chi connectivity index (χ4n) is 1.11. The molecule has 0 aliphatic rings. The minimum atomic E-state index is -5.08. The summed E-state index contributed by atoms with van der Waals surface area (Å²) in [6, 6.07) is 1.71. The number of carbonyl (C=O) groups excluding carboxylic acids is 1. The first-order valence-electron chi connectivity index (χ1n) is 4.06. The Morgan fingerprint density at radius 1 is 1.41 bits per heavy atom. The van der Waals surface area contributed by atoms with Crippen molar-refractivity contribution >= 4 is 6.29 Å². The molecule has 1 heterocycles. The summed E-state index contributed by atoms with van der Waals surface area (Å²) in [5, 5.41) is 8.50. The number of pyridine rings is 1. The van der Waals surface area contributed by atoms with Crippen LogP contribution >= 0.6 is 0 Å². The lowest BCUT2D eigenvalue weighted by atomic mass is 10.1. The Bertz CT molecular complexity index is 489. The van der Waals surface area contributed by atoms with E-state index in [0.717, 1.165) is 0 Å². The zero-order valence-corrected chi connectivity index (χ0v) is 7.92. The maximum Gasteiger partial charge on any atom is 0.434 e. The number of hydrogen-bond acceptors (Lipinski definition) is 3. The van der Waals surface area contributed by atoms with E-state index < -0.39 is 35.1 Å². The van der Waals surface area contributed by atoms with E-state index in [1.54, 1.807) is 0 Å². The Balaban J connectivity index is 3.61. The average molecular weight is 250 g/mol. The van der Waals surface area contributed by atoms with Gasteiger partial charge in [0.1, 0.15) is 11.8 Å². The molecule has 0 bridgehead atoms. The average Bonchev–Trinajstić information content (AvgIpc) is 2.25. The largest absolute Gasteiger partial charge is 0.434 e. The molecule has 0 aliphatic heterocycles. The summed E-state index contributed by atoms with van der Waals surface area (Å²) in [4.78, 5) is 13.1. The van der Waals surface area contributed by atoms with Gasteiger partial charge in [0.05, 0.1) is 11.1 Å². The molecule has 0 saturated carbocycles. The maximum absolute atomic E-state index is 12.4. The molecular formula is C9H3F5N2O. The van der Waals surface area contributed by atoms with Crippen LogP contribution in [0.1, 0.15) is 33.7 Å². The Morgan fingerprint density at radius 2 is 2.00 bits per heavy atom. The molecule has 0 aliphatic carbocycles. The number of rotatable bonds is 2. The minimum absolute atomic E-state index is 0.233. The second-order valence-corrected chi connectivity index (χ2v) is 2.89. The van der Waals surface area contributed by atoms with Gasteiger partial charge >= 0.3 is 6.18 Å². The SMILES string of the molecule is N#Cc1cc(C(F)F)nc(C(F)(F)F)c1C=O. The van der Waals surface area contributed by atoms with Crippen LogP contribution in [0.2, 0.25) is 0 Å². The Morgan fingerprint density at radius 3 is 2.35 bits per heavy atom. The number of hydrogen-bond donors (Lipinski definition) is 0. The predicted octanol–water partition coefficient (Wildman–Crippen LogP) is 2.72. The van der Waals surface area contributed by atoms with Crippen LogP contribution in [0.3, 0.4) is 0 Å². The van der Waals surface area contributed by atoms with Crippen LogP contribution in [0.25, 0.3) is 0 Å². The highest BCUT2D eigenvalue weighted by Gasteiger charge is 2.37. The lowest BCUT2D eigenvalue weighted by Crippen LogP contribution is -2.15. The Kier molecular flexibility index (Phi) is 3.41. The number of aldehydes is 1. The summed E-state index contributed by atoms with van der Waals surface area (Å²) in [6.07, 6.45) is -8.57. The summed E-state index contributed by atoms with van der Waals surface area (Å²) < 4.78 is 61.8. The van der Waals surface area contributed by atoms with Gasteiger partial charge in [0, 0.05) is 0 Å². The van der Waals surface area contributed by atoms with E-state index in [1.807, 2.05) is 0 Å². The molecule has 90 valence electrons. The molecule has 0 atom stereocenters. The van der Waals surface area contributed by atoms with Gasteiger partial charge in [-0.3, -0.25) is 4.79 Å². The van der Waals surface area contributed by atoms with E-state index in [-0.39, 0.29) is 6.29 Å². The highest BCUT2D eigenvalue weighted by molar-refractivity contribution is 5.81.